The quantitative estimate of drug-likeness (QED) is 0.182. The van der Waals surface area contributed by atoms with Crippen LogP contribution in [0.2, 0.25) is 0 Å². The first kappa shape index (κ1) is 26.6. The van der Waals surface area contributed by atoms with Crippen LogP contribution in [0.5, 0.6) is 0 Å². The normalized spacial score (nSPS) is 12.8. The number of rotatable bonds is 4. The average molecular weight is 626 g/mol. The lowest BCUT2D eigenvalue weighted by Gasteiger charge is -2.39. The zero-order valence-electron chi connectivity index (χ0n) is 26.5. The topological polar surface area (TPSA) is 24.6 Å². The average Bonchev–Trinajstić information content (AvgIpc) is 3.72. The van der Waals surface area contributed by atoms with Gasteiger partial charge in [0.15, 0.2) is 5.88 Å². The molecule has 2 aliphatic rings. The minimum Gasteiger partial charge on any atom is -0.441 e. The maximum atomic E-state index is 6.79. The van der Waals surface area contributed by atoms with Gasteiger partial charge in [-0.2, -0.15) is 0 Å². The van der Waals surface area contributed by atoms with Gasteiger partial charge in [0.25, 0.3) is 0 Å². The Bertz CT molecular complexity index is 2690. The van der Waals surface area contributed by atoms with Crippen molar-refractivity contribution in [3.63, 3.8) is 0 Å². The Labute approximate surface area is 283 Å². The first-order chi connectivity index (χ1) is 24.3. The third kappa shape index (κ3) is 3.64. The van der Waals surface area contributed by atoms with Gasteiger partial charge >= 0.3 is 6.85 Å². The third-order valence-corrected chi connectivity index (χ3v) is 10.3. The highest BCUT2D eigenvalue weighted by Crippen LogP contribution is 2.48. The fraction of sp³-hybridized carbons (Fsp3) is 0. The van der Waals surface area contributed by atoms with Crippen molar-refractivity contribution in [2.24, 2.45) is 0 Å². The summed E-state index contributed by atoms with van der Waals surface area (Å²) in [6.45, 7) is -0.0632. The monoisotopic (exact) mass is 625 g/mol. The first-order valence-electron chi connectivity index (χ1n) is 16.8. The van der Waals surface area contributed by atoms with E-state index in [1.165, 1.54) is 44.0 Å². The molecule has 0 spiro atoms. The summed E-state index contributed by atoms with van der Waals surface area (Å²) in [6.07, 6.45) is 0. The van der Waals surface area contributed by atoms with Crippen molar-refractivity contribution in [1.29, 1.82) is 0 Å². The van der Waals surface area contributed by atoms with Crippen molar-refractivity contribution in [1.82, 2.24) is 4.57 Å². The molecule has 0 amide bonds. The highest BCUT2D eigenvalue weighted by Gasteiger charge is 2.45. The molecule has 11 rings (SSSR count). The first-order valence-corrected chi connectivity index (χ1v) is 16.8. The predicted octanol–water partition coefficient (Wildman–Crippen LogP) is 10.2. The number of fused-ring (bicyclic) bond motifs is 9. The summed E-state index contributed by atoms with van der Waals surface area (Å²) in [4.78, 5) is 4.77. The maximum Gasteiger partial charge on any atom is 0.336 e. The number of hydrogen-bond acceptors (Lipinski definition) is 3. The lowest BCUT2D eigenvalue weighted by molar-refractivity contribution is 0.625. The van der Waals surface area contributed by atoms with E-state index in [2.05, 4.69) is 184 Å². The van der Waals surface area contributed by atoms with Crippen molar-refractivity contribution in [3.8, 4) is 16.8 Å². The SMILES string of the molecule is c1ccc(N2B3c4c(cccc4-n4c5ccc(N(c6ccccc6)c6ccccc6)cc5c5cccc3c54)-c3c2oc2ccccc32)cc1. The van der Waals surface area contributed by atoms with Crippen LogP contribution in [-0.4, -0.2) is 11.4 Å². The minimum atomic E-state index is -0.0632. The molecule has 228 valence electrons. The van der Waals surface area contributed by atoms with Crippen LogP contribution in [0.3, 0.4) is 0 Å². The molecular formula is C44H28BN3O. The van der Waals surface area contributed by atoms with Gasteiger partial charge in [0.1, 0.15) is 5.58 Å². The van der Waals surface area contributed by atoms with Crippen LogP contribution in [0.1, 0.15) is 0 Å². The molecule has 9 aromatic rings. The number of furan rings is 1. The molecule has 0 saturated heterocycles. The van der Waals surface area contributed by atoms with Crippen LogP contribution in [0.25, 0.3) is 49.6 Å². The standard InChI is InChI=1S/C44H28BN3O/c1-4-14-29(15-5-1)46(30-16-6-2-7-17-30)32-26-27-38-36(28-32)33-21-12-23-37-43(33)47(38)39-24-13-22-35-41-34-20-10-11-25-40(34)49-44(41)48(45(37)42(35)39)31-18-8-3-9-19-31/h1-28H. The molecular weight excluding hydrogens is 597 g/mol. The van der Waals surface area contributed by atoms with Crippen molar-refractivity contribution in [2.45, 2.75) is 0 Å². The molecule has 2 aromatic heterocycles. The van der Waals surface area contributed by atoms with Gasteiger partial charge in [-0.15, -0.1) is 0 Å². The molecule has 0 unspecified atom stereocenters. The second-order valence-electron chi connectivity index (χ2n) is 12.9. The van der Waals surface area contributed by atoms with Crippen molar-refractivity contribution >= 4 is 79.2 Å². The summed E-state index contributed by atoms with van der Waals surface area (Å²) in [6, 6.07) is 61.0. The second kappa shape index (κ2) is 10.0. The maximum absolute atomic E-state index is 6.79. The summed E-state index contributed by atoms with van der Waals surface area (Å²) >= 11 is 0. The van der Waals surface area contributed by atoms with E-state index in [1.807, 2.05) is 0 Å². The van der Waals surface area contributed by atoms with Crippen LogP contribution in [0.4, 0.5) is 28.6 Å². The smallest absolute Gasteiger partial charge is 0.336 e. The zero-order valence-corrected chi connectivity index (χ0v) is 26.5. The zero-order chi connectivity index (χ0) is 32.1. The summed E-state index contributed by atoms with van der Waals surface area (Å²) in [7, 11) is 0. The van der Waals surface area contributed by atoms with E-state index in [0.29, 0.717) is 0 Å². The molecule has 0 radical (unpaired) electrons. The fourth-order valence-corrected chi connectivity index (χ4v) is 8.41. The van der Waals surface area contributed by atoms with Crippen molar-refractivity contribution in [3.05, 3.63) is 170 Å². The van der Waals surface area contributed by atoms with Gasteiger partial charge in [0.05, 0.1) is 16.6 Å². The molecule has 0 bridgehead atoms. The van der Waals surface area contributed by atoms with Crippen LogP contribution in [0, 0.1) is 0 Å². The molecule has 2 aliphatic heterocycles. The lowest BCUT2D eigenvalue weighted by Crippen LogP contribution is -2.60. The molecule has 0 saturated carbocycles. The van der Waals surface area contributed by atoms with E-state index in [-0.39, 0.29) is 6.85 Å². The van der Waals surface area contributed by atoms with Crippen LogP contribution >= 0.6 is 0 Å². The summed E-state index contributed by atoms with van der Waals surface area (Å²) in [5.74, 6) is 0.896. The van der Waals surface area contributed by atoms with E-state index in [1.54, 1.807) is 0 Å². The number of hydrogen-bond donors (Lipinski definition) is 0. The van der Waals surface area contributed by atoms with Gasteiger partial charge in [-0.25, -0.2) is 0 Å². The van der Waals surface area contributed by atoms with Gasteiger partial charge in [0.2, 0.25) is 0 Å². The summed E-state index contributed by atoms with van der Waals surface area (Å²) in [5, 5.41) is 3.61. The third-order valence-electron chi connectivity index (χ3n) is 10.3. The molecule has 0 aliphatic carbocycles. The molecule has 0 atom stereocenters. The number of anilines is 5. The number of para-hydroxylation sites is 5. The highest BCUT2D eigenvalue weighted by molar-refractivity contribution is 6.93. The van der Waals surface area contributed by atoms with E-state index in [4.69, 9.17) is 4.42 Å². The summed E-state index contributed by atoms with van der Waals surface area (Å²) in [5.41, 5.74) is 14.0. The molecule has 49 heavy (non-hydrogen) atoms. The van der Waals surface area contributed by atoms with Crippen LogP contribution in [-0.2, 0) is 0 Å². The molecule has 5 heteroatoms. The van der Waals surface area contributed by atoms with Crippen LogP contribution < -0.4 is 20.6 Å². The Morgan fingerprint density at radius 2 is 1.20 bits per heavy atom. The lowest BCUT2D eigenvalue weighted by atomic mass is 9.44. The van der Waals surface area contributed by atoms with E-state index < -0.39 is 0 Å². The van der Waals surface area contributed by atoms with Gasteiger partial charge in [-0.1, -0.05) is 103 Å². The van der Waals surface area contributed by atoms with E-state index in [0.717, 1.165) is 45.2 Å². The van der Waals surface area contributed by atoms with Gasteiger partial charge in [-0.05, 0) is 83.2 Å². The predicted molar refractivity (Wildman–Crippen MR) is 204 cm³/mol. The number of aromatic nitrogens is 1. The Balaban J connectivity index is 1.22. The Morgan fingerprint density at radius 3 is 1.98 bits per heavy atom. The Kier molecular flexibility index (Phi) is 5.44. The van der Waals surface area contributed by atoms with E-state index in [9.17, 15) is 0 Å². The fourth-order valence-electron chi connectivity index (χ4n) is 8.41. The largest absolute Gasteiger partial charge is 0.441 e. The minimum absolute atomic E-state index is 0.0632. The van der Waals surface area contributed by atoms with Crippen molar-refractivity contribution in [2.75, 3.05) is 9.71 Å². The van der Waals surface area contributed by atoms with E-state index >= 15 is 0 Å². The van der Waals surface area contributed by atoms with Gasteiger partial charge in [-0.3, -0.25) is 0 Å². The van der Waals surface area contributed by atoms with Gasteiger partial charge < -0.3 is 18.7 Å². The summed E-state index contributed by atoms with van der Waals surface area (Å²) < 4.78 is 9.30. The molecule has 4 heterocycles. The number of benzene rings is 7. The molecule has 0 N–H and O–H groups in total. The molecule has 7 aromatic carbocycles. The van der Waals surface area contributed by atoms with Crippen molar-refractivity contribution < 1.29 is 4.42 Å². The van der Waals surface area contributed by atoms with Crippen LogP contribution in [0.15, 0.2) is 174 Å². The Hall–Kier alpha value is -6.46. The van der Waals surface area contributed by atoms with Gasteiger partial charge in [0, 0.05) is 44.6 Å². The molecule has 0 fully saturated rings. The number of nitrogens with zero attached hydrogens (tertiary/aromatic N) is 3. The molecule has 4 nitrogen and oxygen atoms in total. The second-order valence-corrected chi connectivity index (χ2v) is 12.9. The Morgan fingerprint density at radius 1 is 0.531 bits per heavy atom. The highest BCUT2D eigenvalue weighted by atomic mass is 16.4.